The Morgan fingerprint density at radius 2 is 1.02 bits per heavy atom. The predicted molar refractivity (Wildman–Crippen MR) is 224 cm³/mol. The molecule has 24 nitrogen and oxygen atoms in total. The molecule has 4 rings (SSSR count). The molecule has 328 valence electrons. The van der Waals surface area contributed by atoms with Crippen molar-refractivity contribution in [3.63, 3.8) is 0 Å². The second-order valence-electron chi connectivity index (χ2n) is 12.2. The molecule has 0 aliphatic carbocycles. The van der Waals surface area contributed by atoms with Gasteiger partial charge in [-0.25, -0.2) is 25.3 Å². The fourth-order valence-corrected chi connectivity index (χ4v) is 6.96. The molecule has 64 heavy (non-hydrogen) atoms. The summed E-state index contributed by atoms with van der Waals surface area (Å²) in [7, 11) is -16.1. The van der Waals surface area contributed by atoms with Gasteiger partial charge >= 0.3 is 118 Å². The second kappa shape index (κ2) is 29.5. The summed E-state index contributed by atoms with van der Waals surface area (Å²) in [5.41, 5.74) is -0.373. The molecule has 0 saturated heterocycles. The van der Waals surface area contributed by atoms with Gasteiger partial charge in [0.25, 0.3) is 0 Å². The number of aliphatic hydroxyl groups is 2. The smallest absolute Gasteiger partial charge is 0.748 e. The topological polar surface area (TPSA) is 371 Å². The van der Waals surface area contributed by atoms with Crippen LogP contribution in [0.5, 0.6) is 0 Å². The third-order valence-electron chi connectivity index (χ3n) is 7.10. The minimum Gasteiger partial charge on any atom is -0.748 e. The van der Waals surface area contributed by atoms with E-state index in [1.54, 1.807) is 0 Å². The van der Waals surface area contributed by atoms with E-state index in [2.05, 4.69) is 61.8 Å². The molecule has 0 spiro atoms. The van der Waals surface area contributed by atoms with E-state index in [4.69, 9.17) is 27.0 Å². The fourth-order valence-electron chi connectivity index (χ4n) is 4.59. The summed E-state index contributed by atoms with van der Waals surface area (Å²) >= 11 is 9.63. The molecule has 0 aliphatic heterocycles. The van der Waals surface area contributed by atoms with E-state index in [0.29, 0.717) is 0 Å². The van der Waals surface area contributed by atoms with Crippen LogP contribution in [-0.2, 0) is 66.2 Å². The van der Waals surface area contributed by atoms with Crippen LogP contribution >= 0.6 is 0 Å². The van der Waals surface area contributed by atoms with Crippen molar-refractivity contribution in [2.24, 2.45) is 0 Å². The van der Waals surface area contributed by atoms with E-state index in [0.717, 1.165) is 24.3 Å². The van der Waals surface area contributed by atoms with Crippen LogP contribution in [0.1, 0.15) is 25.0 Å². The Labute approximate surface area is 470 Å². The van der Waals surface area contributed by atoms with Crippen LogP contribution in [0.2, 0.25) is 0 Å². The monoisotopic (exact) mass is 1040 g/mol. The fraction of sp³-hybridized carbons (Fsp3) is 0.333. The largest absolute Gasteiger partial charge is 1.00 e. The maximum absolute atomic E-state index is 12.4. The van der Waals surface area contributed by atoms with Gasteiger partial charge in [-0.1, -0.05) is 35.5 Å². The van der Waals surface area contributed by atoms with Crippen LogP contribution < -0.4 is 150 Å². The second-order valence-corrected chi connectivity index (χ2v) is 19.5. The summed E-state index contributed by atoms with van der Waals surface area (Å²) in [6, 6.07) is 7.05. The first-order valence-corrected chi connectivity index (χ1v) is 24.4. The molecule has 2 heterocycles. The predicted octanol–water partition coefficient (Wildman–Crippen LogP) is -12.0. The zero-order chi connectivity index (χ0) is 44.3. The zero-order valence-electron chi connectivity index (χ0n) is 35.1. The molecule has 0 saturated carbocycles. The summed E-state index contributed by atoms with van der Waals surface area (Å²) in [6.45, 7) is 3.03. The van der Waals surface area contributed by atoms with Crippen LogP contribution in [0.4, 0.5) is 47.1 Å². The Morgan fingerprint density at radius 1 is 0.656 bits per heavy atom. The quantitative estimate of drug-likeness (QED) is 0.00854. The summed E-state index contributed by atoms with van der Waals surface area (Å²) in [5.74, 6) is -1.36. The minimum atomic E-state index is -5.20. The van der Waals surface area contributed by atoms with Crippen LogP contribution in [-0.4, -0.2) is 130 Å². The van der Waals surface area contributed by atoms with E-state index in [1.807, 2.05) is 0 Å². The number of hydrogen-bond acceptors (Lipinski definition) is 26. The van der Waals surface area contributed by atoms with Crippen molar-refractivity contribution in [1.82, 2.24) is 29.9 Å². The minimum absolute atomic E-state index is 0. The number of anilines is 8. The molecule has 0 aliphatic rings. The molecule has 34 heteroatoms. The normalized spacial score (nSPS) is 12.8. The van der Waals surface area contributed by atoms with E-state index in [1.165, 1.54) is 38.1 Å². The first kappa shape index (κ1) is 63.5. The molecular weight excluding hydrogens is 1000 g/mol. The molecule has 0 radical (unpaired) electrons. The third kappa shape index (κ3) is 23.2. The number of aromatic nitrogens is 6. The summed E-state index contributed by atoms with van der Waals surface area (Å²) < 4.78 is 113. The molecule has 0 amide bonds. The van der Waals surface area contributed by atoms with E-state index in [9.17, 15) is 49.1 Å². The number of nitrogens with one attached hydrogen (secondary N) is 6. The summed E-state index contributed by atoms with van der Waals surface area (Å²) in [6.07, 6.45) is 0.612. The molecule has 2 aromatic heterocycles. The van der Waals surface area contributed by atoms with Gasteiger partial charge in [0.05, 0.1) is 44.5 Å². The van der Waals surface area contributed by atoms with E-state index < -0.39 is 66.9 Å². The average molecular weight is 1040 g/mol. The Balaban J connectivity index is 0.00000992. The average Bonchev–Trinajstić information content (AvgIpc) is 3.13. The third-order valence-corrected chi connectivity index (χ3v) is 10.5. The van der Waals surface area contributed by atoms with Crippen molar-refractivity contribution in [2.45, 2.75) is 35.8 Å². The molecule has 8 N–H and O–H groups in total. The van der Waals surface area contributed by atoms with E-state index in [-0.39, 0.29) is 209 Å². The Kier molecular flexibility index (Phi) is 29.3. The summed E-state index contributed by atoms with van der Waals surface area (Å²) in [4.78, 5) is 23.3. The standard InChI is InChI=1S/C30H40N12O12S6.4Na/c1-17(43)15-33-27-37-25(31-9-11-54-57(55)56)39-29(41-27)35-21-7-5-19(23(13-21)59(48,49)50)3-4-20-6-8-22(14-24(20)60(51,52)53)36-30-40-26(32-10-12-58(45,46)47)38-28(42-30)34-16-18(2)44;;;;/h3-8,13-14,17-18,43-44H,9-12,15-16H2,1-2H3,(H,55,56)(H,45,46,47)(H,48,49,50)(H,51,52,53)(H3,31,33,35,37,39,41)(H3,32,34,36,38,40,42);;;;/q;4*+1/p-4. The molecule has 2 aromatic carbocycles. The SMILES string of the molecule is CC(O)CNc1nc(NCCOS(=S)[S-])nc(Nc2ccc(C=Cc3ccc(Nc4nc(NCCS(=O)(=O)[O-])nc(NCC(C)O)n4)cc3S(=O)(=O)[O-])c(S(=O)(=O)[O-])c2)n1.[Na+].[Na+].[Na+].[Na+]. The first-order valence-electron chi connectivity index (χ1n) is 17.0. The van der Waals surface area contributed by atoms with Crippen molar-refractivity contribution in [3.8, 4) is 0 Å². The van der Waals surface area contributed by atoms with Gasteiger partial charge in [-0.2, -0.15) is 29.9 Å². The molecular formula is C30H36N12Na4O12S6. The zero-order valence-corrected chi connectivity index (χ0v) is 48.0. The van der Waals surface area contributed by atoms with Crippen molar-refractivity contribution in [1.29, 1.82) is 0 Å². The van der Waals surface area contributed by atoms with Crippen molar-refractivity contribution in [2.75, 3.05) is 70.4 Å². The number of rotatable bonds is 23. The number of benzene rings is 2. The molecule has 0 fully saturated rings. The van der Waals surface area contributed by atoms with Crippen molar-refractivity contribution in [3.05, 3.63) is 47.5 Å². The van der Waals surface area contributed by atoms with Gasteiger partial charge in [-0.15, -0.1) is 8.77 Å². The maximum Gasteiger partial charge on any atom is 1.00 e. The first-order chi connectivity index (χ1) is 28.0. The van der Waals surface area contributed by atoms with Crippen LogP contribution in [0, 0.1) is 0 Å². The Morgan fingerprint density at radius 3 is 1.36 bits per heavy atom. The van der Waals surface area contributed by atoms with Crippen LogP contribution in [0.15, 0.2) is 46.2 Å². The van der Waals surface area contributed by atoms with Gasteiger partial charge in [0.2, 0.25) is 35.7 Å². The Bertz CT molecular complexity index is 2560. The Hall–Kier alpha value is -0.470. The van der Waals surface area contributed by atoms with Gasteiger partial charge in [-0.3, -0.25) is 0 Å². The van der Waals surface area contributed by atoms with Gasteiger partial charge in [0.15, 0.2) is 0 Å². The molecule has 0 bridgehead atoms. The molecule has 4 aromatic rings. The van der Waals surface area contributed by atoms with Crippen molar-refractivity contribution >= 4 is 121 Å². The molecule has 3 unspecified atom stereocenters. The summed E-state index contributed by atoms with van der Waals surface area (Å²) in [5, 5.41) is 35.8. The van der Waals surface area contributed by atoms with Crippen molar-refractivity contribution < 1.29 is 172 Å². The van der Waals surface area contributed by atoms with Gasteiger partial charge in [0.1, 0.15) is 20.2 Å². The number of aliphatic hydroxyl groups excluding tert-OH is 2. The van der Waals surface area contributed by atoms with Crippen LogP contribution in [0.3, 0.4) is 0 Å². The number of nitrogens with zero attached hydrogens (tertiary/aromatic N) is 6. The van der Waals surface area contributed by atoms with Gasteiger partial charge in [-0.05, 0) is 49.2 Å². The maximum atomic E-state index is 12.4. The van der Waals surface area contributed by atoms with Crippen LogP contribution in [0.25, 0.3) is 12.2 Å². The number of hydrogen-bond donors (Lipinski definition) is 8. The van der Waals surface area contributed by atoms with Gasteiger partial charge < -0.3 is 71.6 Å². The van der Waals surface area contributed by atoms with E-state index >= 15 is 0 Å². The molecule has 3 atom stereocenters. The van der Waals surface area contributed by atoms with Gasteiger partial charge in [0, 0.05) is 37.6 Å².